The molecule has 0 aromatic heterocycles. The smallest absolute Gasteiger partial charge is 0.257 e. The highest BCUT2D eigenvalue weighted by Gasteiger charge is 2.02. The van der Waals surface area contributed by atoms with Gasteiger partial charge in [-0.2, -0.15) is 0 Å². The summed E-state index contributed by atoms with van der Waals surface area (Å²) in [4.78, 5) is 14.0. The van der Waals surface area contributed by atoms with E-state index in [1.807, 2.05) is 30.3 Å². The molecule has 0 fully saturated rings. The van der Waals surface area contributed by atoms with Gasteiger partial charge in [-0.3, -0.25) is 4.79 Å². The third-order valence-corrected chi connectivity index (χ3v) is 3.48. The molecule has 1 amide bonds. The van der Waals surface area contributed by atoms with Crippen molar-refractivity contribution >= 4 is 5.91 Å². The van der Waals surface area contributed by atoms with Crippen LogP contribution in [0.5, 0.6) is 5.75 Å². The van der Waals surface area contributed by atoms with Gasteiger partial charge in [-0.1, -0.05) is 38.5 Å². The first kappa shape index (κ1) is 17.5. The van der Waals surface area contributed by atoms with Gasteiger partial charge in [-0.05, 0) is 44.6 Å². The Morgan fingerprint density at radius 2 is 1.81 bits per heavy atom. The highest BCUT2D eigenvalue weighted by molar-refractivity contribution is 5.77. The number of unbranched alkanes of at least 4 members (excludes halogenated alkanes) is 2. The molecule has 0 heterocycles. The van der Waals surface area contributed by atoms with Crippen molar-refractivity contribution in [2.45, 2.75) is 33.1 Å². The van der Waals surface area contributed by atoms with Gasteiger partial charge in [0.1, 0.15) is 5.75 Å². The molecular weight excluding hydrogens is 264 g/mol. The van der Waals surface area contributed by atoms with E-state index in [1.165, 1.54) is 6.42 Å². The van der Waals surface area contributed by atoms with Crippen molar-refractivity contribution in [3.8, 4) is 5.75 Å². The molecule has 0 saturated heterocycles. The number of ether oxygens (including phenoxy) is 1. The van der Waals surface area contributed by atoms with E-state index >= 15 is 0 Å². The van der Waals surface area contributed by atoms with E-state index in [2.05, 4.69) is 24.1 Å². The number of nitrogens with zero attached hydrogens (tertiary/aromatic N) is 1. The van der Waals surface area contributed by atoms with Crippen LogP contribution in [-0.4, -0.2) is 43.6 Å². The first-order chi connectivity index (χ1) is 10.3. The maximum Gasteiger partial charge on any atom is 0.257 e. The SMILES string of the molecule is CCN(CC)CCCCCNC(=O)COc1ccccc1. The number of benzene rings is 1. The standard InChI is InChI=1S/C17H28N2O2/c1-3-19(4-2)14-10-6-9-13-18-17(20)15-21-16-11-7-5-8-12-16/h5,7-8,11-12H,3-4,6,9-10,13-15H2,1-2H3,(H,18,20). The molecule has 21 heavy (non-hydrogen) atoms. The number of nitrogens with one attached hydrogen (secondary N) is 1. The maximum absolute atomic E-state index is 11.6. The van der Waals surface area contributed by atoms with E-state index in [1.54, 1.807) is 0 Å². The minimum absolute atomic E-state index is 0.0532. The molecule has 0 aliphatic heterocycles. The van der Waals surface area contributed by atoms with Crippen LogP contribution in [0.4, 0.5) is 0 Å². The van der Waals surface area contributed by atoms with E-state index in [0.717, 1.165) is 44.8 Å². The van der Waals surface area contributed by atoms with Gasteiger partial charge in [0, 0.05) is 6.54 Å². The monoisotopic (exact) mass is 292 g/mol. The van der Waals surface area contributed by atoms with Gasteiger partial charge < -0.3 is 15.0 Å². The molecule has 0 bridgehead atoms. The fourth-order valence-electron chi connectivity index (χ4n) is 2.12. The van der Waals surface area contributed by atoms with Gasteiger partial charge >= 0.3 is 0 Å². The first-order valence-corrected chi connectivity index (χ1v) is 7.93. The summed E-state index contributed by atoms with van der Waals surface area (Å²) in [5.74, 6) is 0.675. The third kappa shape index (κ3) is 8.35. The van der Waals surface area contributed by atoms with Crippen LogP contribution < -0.4 is 10.1 Å². The summed E-state index contributed by atoms with van der Waals surface area (Å²) in [5, 5.41) is 2.89. The van der Waals surface area contributed by atoms with E-state index in [4.69, 9.17) is 4.74 Å². The molecule has 1 aromatic rings. The molecular formula is C17H28N2O2. The van der Waals surface area contributed by atoms with Crippen LogP contribution in [0.25, 0.3) is 0 Å². The van der Waals surface area contributed by atoms with Crippen molar-refractivity contribution in [1.82, 2.24) is 10.2 Å². The van der Waals surface area contributed by atoms with E-state index in [0.29, 0.717) is 0 Å². The van der Waals surface area contributed by atoms with Crippen LogP contribution in [0.2, 0.25) is 0 Å². The number of carbonyl (C=O) groups is 1. The molecule has 0 spiro atoms. The lowest BCUT2D eigenvalue weighted by Crippen LogP contribution is -2.30. The fraction of sp³-hybridized carbons (Fsp3) is 0.588. The Balaban J connectivity index is 1.98. The van der Waals surface area contributed by atoms with Crippen molar-refractivity contribution in [1.29, 1.82) is 0 Å². The fourth-order valence-corrected chi connectivity index (χ4v) is 2.12. The van der Waals surface area contributed by atoms with Crippen LogP contribution in [0, 0.1) is 0 Å². The molecule has 0 unspecified atom stereocenters. The van der Waals surface area contributed by atoms with Crippen LogP contribution in [0.15, 0.2) is 30.3 Å². The summed E-state index contributed by atoms with van der Waals surface area (Å²) in [6.45, 7) is 8.58. The predicted molar refractivity (Wildman–Crippen MR) is 86.6 cm³/mol. The number of amides is 1. The lowest BCUT2D eigenvalue weighted by Gasteiger charge is -2.17. The van der Waals surface area contributed by atoms with Gasteiger partial charge in [0.15, 0.2) is 6.61 Å². The van der Waals surface area contributed by atoms with Crippen LogP contribution in [0.1, 0.15) is 33.1 Å². The minimum Gasteiger partial charge on any atom is -0.484 e. The number of carbonyl (C=O) groups excluding carboxylic acids is 1. The Hall–Kier alpha value is -1.55. The number of rotatable bonds is 11. The number of para-hydroxylation sites is 1. The quantitative estimate of drug-likeness (QED) is 0.638. The highest BCUT2D eigenvalue weighted by atomic mass is 16.5. The Kier molecular flexibility index (Phi) is 9.29. The molecule has 0 radical (unpaired) electrons. The first-order valence-electron chi connectivity index (χ1n) is 7.93. The summed E-state index contributed by atoms with van der Waals surface area (Å²) >= 11 is 0. The Morgan fingerprint density at radius 3 is 2.48 bits per heavy atom. The van der Waals surface area contributed by atoms with Gasteiger partial charge in [0.05, 0.1) is 0 Å². The van der Waals surface area contributed by atoms with Crippen molar-refractivity contribution in [3.05, 3.63) is 30.3 Å². The molecule has 118 valence electrons. The van der Waals surface area contributed by atoms with E-state index in [9.17, 15) is 4.79 Å². The molecule has 4 nitrogen and oxygen atoms in total. The topological polar surface area (TPSA) is 41.6 Å². The average molecular weight is 292 g/mol. The summed E-state index contributed by atoms with van der Waals surface area (Å²) in [6.07, 6.45) is 3.37. The zero-order chi connectivity index (χ0) is 15.3. The molecule has 1 aromatic carbocycles. The second-order valence-corrected chi connectivity index (χ2v) is 5.04. The summed E-state index contributed by atoms with van der Waals surface area (Å²) in [5.41, 5.74) is 0. The molecule has 4 heteroatoms. The van der Waals surface area contributed by atoms with Gasteiger partial charge in [0.2, 0.25) is 0 Å². The molecule has 0 aliphatic rings. The molecule has 1 N–H and O–H groups in total. The van der Waals surface area contributed by atoms with Crippen LogP contribution >= 0.6 is 0 Å². The average Bonchev–Trinajstić information content (AvgIpc) is 2.53. The summed E-state index contributed by atoms with van der Waals surface area (Å²) < 4.78 is 5.39. The molecule has 0 saturated carbocycles. The Labute approximate surface area is 128 Å². The van der Waals surface area contributed by atoms with Crippen molar-refractivity contribution in [2.24, 2.45) is 0 Å². The highest BCUT2D eigenvalue weighted by Crippen LogP contribution is 2.07. The van der Waals surface area contributed by atoms with Crippen LogP contribution in [0.3, 0.4) is 0 Å². The third-order valence-electron chi connectivity index (χ3n) is 3.48. The lowest BCUT2D eigenvalue weighted by molar-refractivity contribution is -0.123. The van der Waals surface area contributed by atoms with Gasteiger partial charge in [-0.15, -0.1) is 0 Å². The Bertz CT molecular complexity index is 378. The largest absolute Gasteiger partial charge is 0.484 e. The Morgan fingerprint density at radius 1 is 1.10 bits per heavy atom. The maximum atomic E-state index is 11.6. The van der Waals surface area contributed by atoms with Crippen LogP contribution in [-0.2, 0) is 4.79 Å². The summed E-state index contributed by atoms with van der Waals surface area (Å²) in [6, 6.07) is 9.40. The molecule has 1 rings (SSSR count). The second kappa shape index (κ2) is 11.1. The minimum atomic E-state index is -0.0532. The number of hydrogen-bond donors (Lipinski definition) is 1. The lowest BCUT2D eigenvalue weighted by atomic mass is 10.2. The van der Waals surface area contributed by atoms with E-state index < -0.39 is 0 Å². The van der Waals surface area contributed by atoms with Crippen molar-refractivity contribution in [2.75, 3.05) is 32.8 Å². The zero-order valence-corrected chi connectivity index (χ0v) is 13.3. The van der Waals surface area contributed by atoms with Gasteiger partial charge in [0.25, 0.3) is 5.91 Å². The summed E-state index contributed by atoms with van der Waals surface area (Å²) in [7, 11) is 0. The molecule has 0 aliphatic carbocycles. The number of hydrogen-bond acceptors (Lipinski definition) is 3. The predicted octanol–water partition coefficient (Wildman–Crippen LogP) is 2.69. The molecule has 0 atom stereocenters. The van der Waals surface area contributed by atoms with Crippen molar-refractivity contribution in [3.63, 3.8) is 0 Å². The normalized spacial score (nSPS) is 10.6. The zero-order valence-electron chi connectivity index (χ0n) is 13.3. The van der Waals surface area contributed by atoms with Crippen molar-refractivity contribution < 1.29 is 9.53 Å². The van der Waals surface area contributed by atoms with Gasteiger partial charge in [-0.25, -0.2) is 0 Å². The second-order valence-electron chi connectivity index (χ2n) is 5.04. The van der Waals surface area contributed by atoms with E-state index in [-0.39, 0.29) is 12.5 Å².